The Morgan fingerprint density at radius 1 is 0.280 bits per heavy atom. The number of rotatable bonds is 69. The van der Waals surface area contributed by atoms with E-state index in [-0.39, 0.29) is 18.7 Å². The number of carbonyl (C=O) groups is 6. The largest absolute Gasteiger partial charge is 0.467 e. The van der Waals surface area contributed by atoms with Gasteiger partial charge in [0, 0.05) is 26.2 Å². The molecule has 0 aliphatic carbocycles. The Hall–Kier alpha value is -3.58. The molecule has 6 N–H and O–H groups in total. The fraction of sp³-hybridized carbons (Fsp3) is 0.924. The number of urea groups is 2. The number of ether oxygens (including phenoxy) is 2. The molecule has 6 amide bonds. The highest BCUT2D eigenvalue weighted by molar-refractivity contribution is 5.84. The third-order valence-electron chi connectivity index (χ3n) is 17.5. The lowest BCUT2D eigenvalue weighted by atomic mass is 10.0. The van der Waals surface area contributed by atoms with Crippen LogP contribution >= 0.6 is 0 Å². The third kappa shape index (κ3) is 86.4. The van der Waals surface area contributed by atoms with E-state index in [0.29, 0.717) is 64.7 Å². The number of methoxy groups -OCH3 is 1. The van der Waals surface area contributed by atoms with Crippen LogP contribution in [-0.2, 0) is 28.7 Å². The molecule has 0 fully saturated rings. The molecule has 0 spiro atoms. The highest BCUT2D eigenvalue weighted by Gasteiger charge is 2.22. The number of hydrogen-bond acceptors (Lipinski definition) is 8. The summed E-state index contributed by atoms with van der Waals surface area (Å²) < 4.78 is 9.85. The van der Waals surface area contributed by atoms with Crippen LogP contribution in [0.2, 0.25) is 0 Å². The average Bonchev–Trinajstić information content (AvgIpc) is 3.62. The molecule has 0 aromatic rings. The van der Waals surface area contributed by atoms with Gasteiger partial charge in [0.05, 0.1) is 13.7 Å². The number of nitrogens with one attached hydrogen (secondary N) is 6. The van der Waals surface area contributed by atoms with Gasteiger partial charge in [-0.05, 0) is 58.3 Å². The second kappa shape index (κ2) is 88.4. The fourth-order valence-electron chi connectivity index (χ4n) is 11.4. The second-order valence-electron chi connectivity index (χ2n) is 26.6. The molecule has 0 heterocycles. The van der Waals surface area contributed by atoms with Crippen LogP contribution < -0.4 is 31.9 Å². The molecule has 2 unspecified atom stereocenters. The summed E-state index contributed by atoms with van der Waals surface area (Å²) >= 11 is 0. The average molecular weight is 1320 g/mol. The molecule has 0 aliphatic rings. The SMILES string of the molecule is CCCCCCCCCCCC.CCCCCCCCCCCC.CCCCCCCCCCCCCCCCCCNC(=O)NC(CCCCNC=O)C(=O)OC.CCCCCCCCCCCCCCCCCCNC(=O)NC(CCCCNC=O)C(=O)OCC. The Morgan fingerprint density at radius 3 is 0.688 bits per heavy atom. The zero-order valence-corrected chi connectivity index (χ0v) is 63.1. The van der Waals surface area contributed by atoms with Crippen molar-refractivity contribution in [2.45, 2.75) is 433 Å². The minimum Gasteiger partial charge on any atom is -0.467 e. The molecule has 0 aromatic heterocycles. The monoisotopic (exact) mass is 1320 g/mol. The maximum absolute atomic E-state index is 12.2. The van der Waals surface area contributed by atoms with E-state index in [0.717, 1.165) is 38.5 Å². The summed E-state index contributed by atoms with van der Waals surface area (Å²) in [4.78, 5) is 68.7. The Balaban J connectivity index is -0.000000631. The molecular formula is C79H160N6O8. The van der Waals surface area contributed by atoms with Crippen LogP contribution in [0.4, 0.5) is 9.59 Å². The molecular weight excluding hydrogens is 1160 g/mol. The van der Waals surface area contributed by atoms with Gasteiger partial charge in [-0.1, -0.05) is 363 Å². The van der Waals surface area contributed by atoms with Gasteiger partial charge in [-0.15, -0.1) is 0 Å². The molecule has 0 rings (SSSR count). The lowest BCUT2D eigenvalue weighted by Crippen LogP contribution is -2.47. The van der Waals surface area contributed by atoms with E-state index in [1.54, 1.807) is 6.92 Å². The predicted molar refractivity (Wildman–Crippen MR) is 399 cm³/mol. The molecule has 0 saturated heterocycles. The number of hydrogen-bond donors (Lipinski definition) is 6. The van der Waals surface area contributed by atoms with Crippen molar-refractivity contribution in [3.63, 3.8) is 0 Å². The minimum absolute atomic E-state index is 0.282. The number of carbonyl (C=O) groups excluding carboxylic acids is 6. The van der Waals surface area contributed by atoms with E-state index in [4.69, 9.17) is 9.47 Å². The standard InChI is InChI=1S/C28H55N3O4.C27H53N3O4.2C12H26/c1-3-5-6-7-8-9-10-11-12-13-14-15-16-17-18-20-24-30-28(34)31-26(27(33)35-4-2)22-19-21-23-29-25-32;1-3-4-5-6-7-8-9-10-11-12-13-14-15-16-17-19-23-29-27(33)30-25(26(32)34-2)21-18-20-22-28-24-31;2*1-3-5-7-9-11-12-10-8-6-4-2/h25-26H,3-24H2,1-2H3,(H,29,32)(H2,30,31,34);24-25H,3-23H2,1-2H3,(H,28,31)(H2,29,30,33);2*3-12H2,1-2H3. The normalized spacial score (nSPS) is 11.3. The zero-order chi connectivity index (χ0) is 69.1. The number of unbranched alkanes of at least 4 members (excludes halogenated alkanes) is 50. The zero-order valence-electron chi connectivity index (χ0n) is 63.1. The Kier molecular flexibility index (Phi) is 91.1. The van der Waals surface area contributed by atoms with Crippen molar-refractivity contribution < 1.29 is 38.2 Å². The summed E-state index contributed by atoms with van der Waals surface area (Å²) in [6.07, 6.45) is 76.4. The summed E-state index contributed by atoms with van der Waals surface area (Å²) in [6, 6.07) is -1.97. The highest BCUT2D eigenvalue weighted by atomic mass is 16.5. The molecule has 14 nitrogen and oxygen atoms in total. The molecule has 14 heteroatoms. The van der Waals surface area contributed by atoms with Gasteiger partial charge in [-0.25, -0.2) is 19.2 Å². The van der Waals surface area contributed by atoms with Crippen molar-refractivity contribution in [1.29, 1.82) is 0 Å². The molecule has 0 bridgehead atoms. The van der Waals surface area contributed by atoms with Crippen LogP contribution in [0.1, 0.15) is 421 Å². The van der Waals surface area contributed by atoms with Crippen molar-refractivity contribution in [2.75, 3.05) is 39.9 Å². The van der Waals surface area contributed by atoms with E-state index in [2.05, 4.69) is 73.4 Å². The Labute approximate surface area is 577 Å². The Morgan fingerprint density at radius 2 is 0.484 bits per heavy atom. The van der Waals surface area contributed by atoms with Crippen LogP contribution in [-0.4, -0.2) is 88.8 Å². The first kappa shape index (κ1) is 95.8. The molecule has 0 aromatic carbocycles. The van der Waals surface area contributed by atoms with E-state index in [9.17, 15) is 28.8 Å². The van der Waals surface area contributed by atoms with Crippen molar-refractivity contribution in [3.8, 4) is 0 Å². The van der Waals surface area contributed by atoms with Crippen LogP contribution in [0, 0.1) is 0 Å². The smallest absolute Gasteiger partial charge is 0.328 e. The third-order valence-corrected chi connectivity index (χ3v) is 17.5. The molecule has 0 saturated carbocycles. The topological polar surface area (TPSA) is 193 Å². The van der Waals surface area contributed by atoms with Crippen LogP contribution in [0.15, 0.2) is 0 Å². The van der Waals surface area contributed by atoms with Crippen molar-refractivity contribution >= 4 is 36.8 Å². The molecule has 0 radical (unpaired) electrons. The van der Waals surface area contributed by atoms with Gasteiger partial charge in [0.15, 0.2) is 0 Å². The van der Waals surface area contributed by atoms with Gasteiger partial charge in [-0.2, -0.15) is 0 Å². The Bertz CT molecular complexity index is 1450. The van der Waals surface area contributed by atoms with Crippen molar-refractivity contribution in [1.82, 2.24) is 31.9 Å². The second-order valence-corrected chi connectivity index (χ2v) is 26.6. The molecule has 554 valence electrons. The van der Waals surface area contributed by atoms with E-state index in [1.165, 1.54) is 315 Å². The molecule has 0 aliphatic heterocycles. The summed E-state index contributed by atoms with van der Waals surface area (Å²) in [6.45, 7) is 18.0. The highest BCUT2D eigenvalue weighted by Crippen LogP contribution is 2.17. The van der Waals surface area contributed by atoms with E-state index >= 15 is 0 Å². The van der Waals surface area contributed by atoms with E-state index < -0.39 is 24.0 Å². The quantitative estimate of drug-likeness (QED) is 0.0197. The van der Waals surface area contributed by atoms with Gasteiger partial charge in [0.1, 0.15) is 12.1 Å². The maximum Gasteiger partial charge on any atom is 0.328 e. The lowest BCUT2D eigenvalue weighted by Gasteiger charge is -2.17. The minimum atomic E-state index is -0.660. The maximum atomic E-state index is 12.2. The molecule has 2 atom stereocenters. The van der Waals surface area contributed by atoms with Crippen molar-refractivity contribution in [2.24, 2.45) is 0 Å². The van der Waals surface area contributed by atoms with Crippen LogP contribution in [0.25, 0.3) is 0 Å². The summed E-state index contributed by atoms with van der Waals surface area (Å²) in [5, 5.41) is 16.3. The van der Waals surface area contributed by atoms with Gasteiger partial charge in [0.25, 0.3) is 0 Å². The van der Waals surface area contributed by atoms with Crippen LogP contribution in [0.5, 0.6) is 0 Å². The number of amides is 6. The number of esters is 2. The summed E-state index contributed by atoms with van der Waals surface area (Å²) in [5.41, 5.74) is 0. The molecule has 93 heavy (non-hydrogen) atoms. The first-order valence-corrected chi connectivity index (χ1v) is 40.3. The fourth-order valence-corrected chi connectivity index (χ4v) is 11.4. The summed E-state index contributed by atoms with van der Waals surface area (Å²) in [7, 11) is 1.32. The lowest BCUT2D eigenvalue weighted by molar-refractivity contribution is -0.145. The van der Waals surface area contributed by atoms with Crippen LogP contribution in [0.3, 0.4) is 0 Å². The van der Waals surface area contributed by atoms with Crippen molar-refractivity contribution in [3.05, 3.63) is 0 Å². The van der Waals surface area contributed by atoms with Gasteiger partial charge in [0.2, 0.25) is 12.8 Å². The van der Waals surface area contributed by atoms with Gasteiger partial charge in [-0.3, -0.25) is 9.59 Å². The summed E-state index contributed by atoms with van der Waals surface area (Å²) in [5.74, 6) is -0.852. The van der Waals surface area contributed by atoms with Gasteiger partial charge < -0.3 is 41.4 Å². The first-order chi connectivity index (χ1) is 45.6. The van der Waals surface area contributed by atoms with E-state index in [1.807, 2.05) is 0 Å². The predicted octanol–water partition coefficient (Wildman–Crippen LogP) is 22.3. The van der Waals surface area contributed by atoms with Gasteiger partial charge >= 0.3 is 24.0 Å². The first-order valence-electron chi connectivity index (χ1n) is 40.3.